The van der Waals surface area contributed by atoms with Crippen LogP contribution in [0.4, 0.5) is 0 Å². The maximum Gasteiger partial charge on any atom is 0.305 e. The molecule has 0 radical (unpaired) electrons. The summed E-state index contributed by atoms with van der Waals surface area (Å²) in [6, 6.07) is 7.56. The highest BCUT2D eigenvalue weighted by atomic mass is 16.4. The normalized spacial score (nSPS) is 16.5. The molecule has 5 nitrogen and oxygen atoms in total. The fourth-order valence-electron chi connectivity index (χ4n) is 3.29. The molecule has 1 fully saturated rings. The Kier molecular flexibility index (Phi) is 3.79. The summed E-state index contributed by atoms with van der Waals surface area (Å²) in [7, 11) is 0. The number of nitrogens with one attached hydrogen (secondary N) is 1. The Bertz CT molecular complexity index is 715. The third-order valence-corrected chi connectivity index (χ3v) is 4.34. The number of nitrogens with zero attached hydrogens (tertiary/aromatic N) is 1. The van der Waals surface area contributed by atoms with Gasteiger partial charge in [-0.05, 0) is 18.2 Å². The van der Waals surface area contributed by atoms with E-state index in [-0.39, 0.29) is 12.3 Å². The van der Waals surface area contributed by atoms with Gasteiger partial charge in [-0.1, -0.05) is 37.1 Å². The summed E-state index contributed by atoms with van der Waals surface area (Å²) in [5.74, 6) is -1.12. The van der Waals surface area contributed by atoms with Gasteiger partial charge >= 0.3 is 5.97 Å². The van der Waals surface area contributed by atoms with E-state index >= 15 is 0 Å². The predicted molar refractivity (Wildman–Crippen MR) is 82.7 cm³/mol. The summed E-state index contributed by atoms with van der Waals surface area (Å²) in [6.45, 7) is 0. The molecule has 0 spiro atoms. The second kappa shape index (κ2) is 5.75. The quantitative estimate of drug-likeness (QED) is 0.909. The minimum absolute atomic E-state index is 0.0308. The number of rotatable bonds is 4. The number of fused-ring (bicyclic) bond motifs is 1. The first-order chi connectivity index (χ1) is 10.6. The van der Waals surface area contributed by atoms with Gasteiger partial charge < -0.3 is 10.4 Å². The highest BCUT2D eigenvalue weighted by molar-refractivity contribution is 6.06. The van der Waals surface area contributed by atoms with Crippen molar-refractivity contribution in [2.24, 2.45) is 0 Å². The highest BCUT2D eigenvalue weighted by Crippen LogP contribution is 2.33. The molecule has 1 heterocycles. The van der Waals surface area contributed by atoms with Crippen molar-refractivity contribution in [3.63, 3.8) is 0 Å². The average Bonchev–Trinajstić information content (AvgIpc) is 2.93. The van der Waals surface area contributed by atoms with Crippen molar-refractivity contribution in [3.05, 3.63) is 42.2 Å². The Morgan fingerprint density at radius 1 is 1.18 bits per heavy atom. The van der Waals surface area contributed by atoms with Crippen molar-refractivity contribution in [3.8, 4) is 0 Å². The summed E-state index contributed by atoms with van der Waals surface area (Å²) in [5.41, 5.74) is -0.130. The maximum absolute atomic E-state index is 12.7. The van der Waals surface area contributed by atoms with Crippen LogP contribution in [0, 0.1) is 0 Å². The number of carboxylic acid groups (broad SMARTS) is 1. The molecule has 0 aliphatic heterocycles. The van der Waals surface area contributed by atoms with Gasteiger partial charge in [-0.15, -0.1) is 0 Å². The number of carbonyl (C=O) groups excluding carboxylic acids is 1. The van der Waals surface area contributed by atoms with Gasteiger partial charge in [0.15, 0.2) is 0 Å². The average molecular weight is 298 g/mol. The van der Waals surface area contributed by atoms with Crippen LogP contribution in [0.15, 0.2) is 36.7 Å². The molecule has 2 N–H and O–H groups in total. The van der Waals surface area contributed by atoms with Crippen LogP contribution >= 0.6 is 0 Å². The number of carbonyl (C=O) groups is 2. The van der Waals surface area contributed by atoms with Crippen LogP contribution in [-0.4, -0.2) is 27.5 Å². The molecule has 1 aromatic heterocycles. The molecule has 1 aromatic carbocycles. The van der Waals surface area contributed by atoms with Gasteiger partial charge in [-0.25, -0.2) is 0 Å². The zero-order valence-corrected chi connectivity index (χ0v) is 12.2. The van der Waals surface area contributed by atoms with E-state index in [4.69, 9.17) is 5.11 Å². The molecule has 1 aliphatic rings. The minimum atomic E-state index is -0.877. The smallest absolute Gasteiger partial charge is 0.305 e. The van der Waals surface area contributed by atoms with Crippen molar-refractivity contribution in [1.29, 1.82) is 0 Å². The minimum Gasteiger partial charge on any atom is -0.481 e. The number of amides is 1. The van der Waals surface area contributed by atoms with E-state index < -0.39 is 11.5 Å². The first-order valence-electron chi connectivity index (χ1n) is 7.47. The third-order valence-electron chi connectivity index (χ3n) is 4.34. The Labute approximate surface area is 128 Å². The number of pyridine rings is 1. The third kappa shape index (κ3) is 2.79. The lowest BCUT2D eigenvalue weighted by atomic mass is 9.92. The largest absolute Gasteiger partial charge is 0.481 e. The molecule has 1 amide bonds. The lowest BCUT2D eigenvalue weighted by Crippen LogP contribution is -2.47. The van der Waals surface area contributed by atoms with Crippen LogP contribution in [0.25, 0.3) is 10.8 Å². The zero-order valence-electron chi connectivity index (χ0n) is 12.2. The Hall–Kier alpha value is -2.43. The van der Waals surface area contributed by atoms with Gasteiger partial charge in [0.1, 0.15) is 0 Å². The molecular weight excluding hydrogens is 280 g/mol. The van der Waals surface area contributed by atoms with Crippen LogP contribution in [-0.2, 0) is 4.79 Å². The molecule has 3 rings (SSSR count). The van der Waals surface area contributed by atoms with Gasteiger partial charge in [0, 0.05) is 17.8 Å². The van der Waals surface area contributed by atoms with Crippen molar-refractivity contribution in [1.82, 2.24) is 10.3 Å². The van der Waals surface area contributed by atoms with Gasteiger partial charge in [0.25, 0.3) is 5.91 Å². The van der Waals surface area contributed by atoms with E-state index in [1.54, 1.807) is 12.4 Å². The summed E-state index contributed by atoms with van der Waals surface area (Å²) in [6.07, 6.45) is 6.54. The number of benzene rings is 1. The van der Waals surface area contributed by atoms with Gasteiger partial charge in [-0.2, -0.15) is 0 Å². The Balaban J connectivity index is 1.91. The van der Waals surface area contributed by atoms with Crippen molar-refractivity contribution < 1.29 is 14.7 Å². The van der Waals surface area contributed by atoms with Crippen LogP contribution in [0.3, 0.4) is 0 Å². The highest BCUT2D eigenvalue weighted by Gasteiger charge is 2.37. The maximum atomic E-state index is 12.7. The molecule has 0 bridgehead atoms. The molecular formula is C17H18N2O3. The monoisotopic (exact) mass is 298 g/mol. The van der Waals surface area contributed by atoms with Crippen molar-refractivity contribution >= 4 is 22.6 Å². The first kappa shape index (κ1) is 14.5. The van der Waals surface area contributed by atoms with Crippen molar-refractivity contribution in [2.45, 2.75) is 37.6 Å². The number of hydrogen-bond donors (Lipinski definition) is 2. The molecule has 1 aliphatic carbocycles. The molecule has 114 valence electrons. The van der Waals surface area contributed by atoms with E-state index in [1.807, 2.05) is 24.3 Å². The summed E-state index contributed by atoms with van der Waals surface area (Å²) in [4.78, 5) is 27.9. The second-order valence-electron chi connectivity index (χ2n) is 5.92. The first-order valence-corrected chi connectivity index (χ1v) is 7.47. The van der Waals surface area contributed by atoms with Crippen LogP contribution in [0.1, 0.15) is 42.5 Å². The SMILES string of the molecule is O=C(O)CC1(NC(=O)c2cncc3ccccc23)CCCC1. The van der Waals surface area contributed by atoms with Gasteiger partial charge in [0.2, 0.25) is 0 Å². The molecule has 22 heavy (non-hydrogen) atoms. The second-order valence-corrected chi connectivity index (χ2v) is 5.92. The number of aromatic nitrogens is 1. The topological polar surface area (TPSA) is 79.3 Å². The molecule has 0 atom stereocenters. The zero-order chi connectivity index (χ0) is 15.6. The fraction of sp³-hybridized carbons (Fsp3) is 0.353. The number of carboxylic acids is 1. The van der Waals surface area contributed by atoms with Crippen LogP contribution < -0.4 is 5.32 Å². The Morgan fingerprint density at radius 3 is 2.64 bits per heavy atom. The van der Waals surface area contributed by atoms with E-state index in [0.29, 0.717) is 18.4 Å². The standard InChI is InChI=1S/C17H18N2O3/c20-15(21)9-17(7-3-4-8-17)19-16(22)14-11-18-10-12-5-1-2-6-13(12)14/h1-2,5-6,10-11H,3-4,7-9H2,(H,19,22)(H,20,21). The van der Waals surface area contributed by atoms with Gasteiger partial charge in [-0.3, -0.25) is 14.6 Å². The summed E-state index contributed by atoms with van der Waals surface area (Å²) in [5, 5.41) is 13.8. The van der Waals surface area contributed by atoms with Crippen LogP contribution in [0.2, 0.25) is 0 Å². The number of hydrogen-bond acceptors (Lipinski definition) is 3. The van der Waals surface area contributed by atoms with Gasteiger partial charge in [0.05, 0.1) is 17.5 Å². The van der Waals surface area contributed by atoms with E-state index in [1.165, 1.54) is 0 Å². The molecule has 0 unspecified atom stereocenters. The van der Waals surface area contributed by atoms with Crippen molar-refractivity contribution in [2.75, 3.05) is 0 Å². The summed E-state index contributed by atoms with van der Waals surface area (Å²) < 4.78 is 0. The van der Waals surface area contributed by atoms with Crippen LogP contribution in [0.5, 0.6) is 0 Å². The molecule has 1 saturated carbocycles. The molecule has 0 saturated heterocycles. The predicted octanol–water partition coefficient (Wildman–Crippen LogP) is 2.75. The van der Waals surface area contributed by atoms with E-state index in [0.717, 1.165) is 23.6 Å². The fourth-order valence-corrected chi connectivity index (χ4v) is 3.29. The number of aliphatic carboxylic acids is 1. The Morgan fingerprint density at radius 2 is 1.91 bits per heavy atom. The lowest BCUT2D eigenvalue weighted by Gasteiger charge is -2.28. The lowest BCUT2D eigenvalue weighted by molar-refractivity contribution is -0.138. The summed E-state index contributed by atoms with van der Waals surface area (Å²) >= 11 is 0. The molecule has 2 aromatic rings. The molecule has 5 heteroatoms. The van der Waals surface area contributed by atoms with E-state index in [2.05, 4.69) is 10.3 Å². The van der Waals surface area contributed by atoms with E-state index in [9.17, 15) is 9.59 Å².